The molecule has 2 heterocycles. The van der Waals surface area contributed by atoms with Gasteiger partial charge in [0.1, 0.15) is 6.10 Å². The van der Waals surface area contributed by atoms with Crippen LogP contribution in [0.4, 0.5) is 0 Å². The average Bonchev–Trinajstić information content (AvgIpc) is 2.78. The molecule has 16 heavy (non-hydrogen) atoms. The Balaban J connectivity index is 2.09. The van der Waals surface area contributed by atoms with E-state index in [0.717, 1.165) is 5.56 Å². The van der Waals surface area contributed by atoms with E-state index >= 15 is 0 Å². The molecule has 0 unspecified atom stereocenters. The van der Waals surface area contributed by atoms with Gasteiger partial charge in [0.2, 0.25) is 0 Å². The van der Waals surface area contributed by atoms with Crippen molar-refractivity contribution in [1.82, 2.24) is 15.1 Å². The lowest BCUT2D eigenvalue weighted by Crippen LogP contribution is -2.11. The number of hydrogen-bond donors (Lipinski definition) is 2. The lowest BCUT2D eigenvalue weighted by Gasteiger charge is -1.98. The first-order valence-corrected chi connectivity index (χ1v) is 4.89. The summed E-state index contributed by atoms with van der Waals surface area (Å²) in [6.45, 7) is 0.0640. The summed E-state index contributed by atoms with van der Waals surface area (Å²) in [7, 11) is 0. The van der Waals surface area contributed by atoms with Crippen LogP contribution in [-0.4, -0.2) is 26.8 Å². The molecule has 0 aliphatic rings. The molecule has 1 atom stereocenters. The van der Waals surface area contributed by atoms with Crippen LogP contribution >= 0.6 is 0 Å². The zero-order valence-electron chi connectivity index (χ0n) is 8.58. The smallest absolute Gasteiger partial charge is 0.256 e. The third-order valence-corrected chi connectivity index (χ3v) is 2.08. The van der Waals surface area contributed by atoms with Crippen molar-refractivity contribution in [3.05, 3.63) is 41.8 Å². The number of aliphatic hydroxyl groups excluding tert-OH is 1. The highest BCUT2D eigenvalue weighted by Gasteiger charge is 2.14. The van der Waals surface area contributed by atoms with Gasteiger partial charge in [0.15, 0.2) is 5.82 Å². The zero-order valence-corrected chi connectivity index (χ0v) is 8.58. The molecule has 3 N–H and O–H groups in total. The normalized spacial score (nSPS) is 12.6. The molecule has 2 aromatic heterocycles. The summed E-state index contributed by atoms with van der Waals surface area (Å²) in [5.41, 5.74) is 6.26. The second-order valence-corrected chi connectivity index (χ2v) is 3.34. The highest BCUT2D eigenvalue weighted by Crippen LogP contribution is 2.10. The lowest BCUT2D eigenvalue weighted by molar-refractivity contribution is 0.141. The fourth-order valence-electron chi connectivity index (χ4n) is 1.26. The van der Waals surface area contributed by atoms with Gasteiger partial charge in [-0.15, -0.1) is 0 Å². The average molecular weight is 220 g/mol. The minimum absolute atomic E-state index is 0.0640. The van der Waals surface area contributed by atoms with Gasteiger partial charge in [0, 0.05) is 25.4 Å². The number of nitrogens with two attached hydrogens (primary N) is 1. The lowest BCUT2D eigenvalue weighted by atomic mass is 10.2. The Morgan fingerprint density at radius 3 is 3.06 bits per heavy atom. The van der Waals surface area contributed by atoms with Crippen molar-refractivity contribution in [2.45, 2.75) is 12.5 Å². The van der Waals surface area contributed by atoms with Gasteiger partial charge in [-0.25, -0.2) is 0 Å². The van der Waals surface area contributed by atoms with E-state index in [4.69, 9.17) is 10.3 Å². The Kier molecular flexibility index (Phi) is 3.23. The van der Waals surface area contributed by atoms with Crippen LogP contribution in [0.5, 0.6) is 0 Å². The molecule has 2 rings (SSSR count). The Labute approximate surface area is 92.1 Å². The molecule has 6 heteroatoms. The van der Waals surface area contributed by atoms with Crippen molar-refractivity contribution in [2.24, 2.45) is 5.73 Å². The third kappa shape index (κ3) is 2.41. The topological polar surface area (TPSA) is 98.1 Å². The molecular formula is C10H12N4O2. The van der Waals surface area contributed by atoms with E-state index < -0.39 is 6.10 Å². The molecule has 2 aromatic rings. The maximum absolute atomic E-state index is 9.38. The minimum Gasteiger partial charge on any atom is -0.382 e. The van der Waals surface area contributed by atoms with Crippen LogP contribution in [0.15, 0.2) is 29.0 Å². The number of hydrogen-bond acceptors (Lipinski definition) is 6. The third-order valence-electron chi connectivity index (χ3n) is 2.08. The van der Waals surface area contributed by atoms with Crippen molar-refractivity contribution in [3.8, 4) is 0 Å². The summed E-state index contributed by atoms with van der Waals surface area (Å²) in [6, 6.07) is 3.76. The summed E-state index contributed by atoms with van der Waals surface area (Å²) in [6.07, 6.45) is 3.06. The van der Waals surface area contributed by atoms with Gasteiger partial charge in [-0.1, -0.05) is 11.2 Å². The first-order valence-electron chi connectivity index (χ1n) is 4.89. The number of pyridine rings is 1. The molecule has 6 nitrogen and oxygen atoms in total. The Morgan fingerprint density at radius 1 is 1.50 bits per heavy atom. The molecule has 0 aliphatic carbocycles. The Hall–Kier alpha value is -1.79. The van der Waals surface area contributed by atoms with E-state index in [2.05, 4.69) is 15.1 Å². The Morgan fingerprint density at radius 2 is 2.38 bits per heavy atom. The first-order chi connectivity index (χ1) is 7.79. The molecule has 0 bridgehead atoms. The van der Waals surface area contributed by atoms with Crippen molar-refractivity contribution < 1.29 is 9.63 Å². The standard InChI is InChI=1S/C10H12N4O2/c11-5-8(15)10-13-9(14-16-10)4-7-2-1-3-12-6-7/h1-3,6,8,15H,4-5,11H2/t8-/m0/s1. The SMILES string of the molecule is NC[C@H](O)c1nc(Cc2cccnc2)no1. The zero-order chi connectivity index (χ0) is 11.4. The van der Waals surface area contributed by atoms with Crippen LogP contribution in [0.3, 0.4) is 0 Å². The first kappa shape index (κ1) is 10.7. The number of aliphatic hydroxyl groups is 1. The molecule has 0 fully saturated rings. The van der Waals surface area contributed by atoms with Crippen LogP contribution < -0.4 is 5.73 Å². The van der Waals surface area contributed by atoms with Gasteiger partial charge in [0.05, 0.1) is 0 Å². The van der Waals surface area contributed by atoms with Gasteiger partial charge >= 0.3 is 0 Å². The minimum atomic E-state index is -0.893. The van der Waals surface area contributed by atoms with Gasteiger partial charge in [-0.3, -0.25) is 4.98 Å². The summed E-state index contributed by atoms with van der Waals surface area (Å²) in [4.78, 5) is 8.02. The maximum atomic E-state index is 9.38. The highest BCUT2D eigenvalue weighted by atomic mass is 16.5. The van der Waals surface area contributed by atoms with Gasteiger partial charge in [-0.2, -0.15) is 4.98 Å². The number of rotatable bonds is 4. The van der Waals surface area contributed by atoms with Crippen LogP contribution in [0, 0.1) is 0 Å². The van der Waals surface area contributed by atoms with Gasteiger partial charge in [-0.05, 0) is 11.6 Å². The molecule has 0 amide bonds. The van der Waals surface area contributed by atoms with E-state index in [-0.39, 0.29) is 12.4 Å². The second-order valence-electron chi connectivity index (χ2n) is 3.34. The quantitative estimate of drug-likeness (QED) is 0.755. The molecular weight excluding hydrogens is 208 g/mol. The summed E-state index contributed by atoms with van der Waals surface area (Å²) >= 11 is 0. The van der Waals surface area contributed by atoms with Crippen LogP contribution in [0.25, 0.3) is 0 Å². The van der Waals surface area contributed by atoms with Crippen LogP contribution in [0.2, 0.25) is 0 Å². The molecule has 0 spiro atoms. The fraction of sp³-hybridized carbons (Fsp3) is 0.300. The van der Waals surface area contributed by atoms with Crippen molar-refractivity contribution in [3.63, 3.8) is 0 Å². The van der Waals surface area contributed by atoms with Crippen molar-refractivity contribution in [2.75, 3.05) is 6.54 Å². The van der Waals surface area contributed by atoms with E-state index in [0.29, 0.717) is 12.2 Å². The van der Waals surface area contributed by atoms with Crippen LogP contribution in [0.1, 0.15) is 23.4 Å². The summed E-state index contributed by atoms with van der Waals surface area (Å²) in [5.74, 6) is 0.664. The number of aromatic nitrogens is 3. The largest absolute Gasteiger partial charge is 0.382 e. The molecule has 84 valence electrons. The molecule has 0 saturated heterocycles. The molecule has 0 aliphatic heterocycles. The van der Waals surface area contributed by atoms with Gasteiger partial charge in [0.25, 0.3) is 5.89 Å². The maximum Gasteiger partial charge on any atom is 0.256 e. The van der Waals surface area contributed by atoms with E-state index in [1.165, 1.54) is 0 Å². The Bertz CT molecular complexity index is 443. The monoisotopic (exact) mass is 220 g/mol. The van der Waals surface area contributed by atoms with Crippen molar-refractivity contribution in [1.29, 1.82) is 0 Å². The number of nitrogens with zero attached hydrogens (tertiary/aromatic N) is 3. The summed E-state index contributed by atoms with van der Waals surface area (Å²) in [5, 5.41) is 13.1. The predicted molar refractivity (Wildman–Crippen MR) is 55.4 cm³/mol. The van der Waals surface area contributed by atoms with Crippen molar-refractivity contribution >= 4 is 0 Å². The molecule has 0 saturated carbocycles. The van der Waals surface area contributed by atoms with Gasteiger partial charge < -0.3 is 15.4 Å². The molecule has 0 radical (unpaired) electrons. The molecule has 0 aromatic carbocycles. The van der Waals surface area contributed by atoms with E-state index in [9.17, 15) is 5.11 Å². The summed E-state index contributed by atoms with van der Waals surface area (Å²) < 4.78 is 4.88. The highest BCUT2D eigenvalue weighted by molar-refractivity contribution is 5.13. The van der Waals surface area contributed by atoms with E-state index in [1.807, 2.05) is 12.1 Å². The predicted octanol–water partition coefficient (Wildman–Crippen LogP) is 0.0475. The second kappa shape index (κ2) is 4.82. The fourth-order valence-corrected chi connectivity index (χ4v) is 1.26. The van der Waals surface area contributed by atoms with E-state index in [1.54, 1.807) is 12.4 Å². The van der Waals surface area contributed by atoms with Crippen LogP contribution in [-0.2, 0) is 6.42 Å².